The number of aromatic nitrogens is 2. The minimum atomic E-state index is -0.163. The van der Waals surface area contributed by atoms with Gasteiger partial charge in [-0.1, -0.05) is 11.6 Å². The normalized spacial score (nSPS) is 10.2. The number of ether oxygens (including phenoxy) is 1. The average Bonchev–Trinajstić information content (AvgIpc) is 2.30. The zero-order valence-electron chi connectivity index (χ0n) is 9.31. The van der Waals surface area contributed by atoms with Gasteiger partial charge in [0.25, 0.3) is 5.91 Å². The first-order valence-corrected chi connectivity index (χ1v) is 5.34. The molecule has 0 aliphatic heterocycles. The van der Waals surface area contributed by atoms with E-state index in [4.69, 9.17) is 16.3 Å². The zero-order valence-corrected chi connectivity index (χ0v) is 10.1. The maximum Gasteiger partial charge on any atom is 0.274 e. The summed E-state index contributed by atoms with van der Waals surface area (Å²) in [4.78, 5) is 13.6. The van der Waals surface area contributed by atoms with Crippen LogP contribution in [0.5, 0.6) is 0 Å². The third-order valence-electron chi connectivity index (χ3n) is 2.09. The van der Waals surface area contributed by atoms with Gasteiger partial charge in [0, 0.05) is 20.2 Å². The maximum absolute atomic E-state index is 11.9. The molecular weight excluding hydrogens is 230 g/mol. The lowest BCUT2D eigenvalue weighted by Crippen LogP contribution is -2.34. The molecule has 0 spiro atoms. The van der Waals surface area contributed by atoms with Crippen LogP contribution < -0.4 is 0 Å². The topological polar surface area (TPSA) is 55.3 Å². The number of rotatable bonds is 5. The first-order valence-electron chi connectivity index (χ1n) is 4.96. The third-order valence-corrected chi connectivity index (χ3v) is 2.29. The Morgan fingerprint density at radius 3 is 2.75 bits per heavy atom. The molecule has 0 N–H and O–H groups in total. The van der Waals surface area contributed by atoms with Gasteiger partial charge in [-0.3, -0.25) is 4.79 Å². The van der Waals surface area contributed by atoms with Crippen LogP contribution in [0.15, 0.2) is 12.1 Å². The number of nitrogens with zero attached hydrogens (tertiary/aromatic N) is 3. The molecule has 5 nitrogen and oxygen atoms in total. The summed E-state index contributed by atoms with van der Waals surface area (Å²) >= 11 is 5.59. The van der Waals surface area contributed by atoms with Crippen molar-refractivity contribution in [3.63, 3.8) is 0 Å². The lowest BCUT2D eigenvalue weighted by Gasteiger charge is -2.19. The molecule has 0 aliphatic rings. The van der Waals surface area contributed by atoms with Crippen molar-refractivity contribution in [1.82, 2.24) is 15.1 Å². The number of hydrogen-bond acceptors (Lipinski definition) is 4. The van der Waals surface area contributed by atoms with E-state index < -0.39 is 0 Å². The van der Waals surface area contributed by atoms with E-state index >= 15 is 0 Å². The molecule has 1 rings (SSSR count). The second-order valence-corrected chi connectivity index (χ2v) is 3.51. The highest BCUT2D eigenvalue weighted by Crippen LogP contribution is 2.05. The second kappa shape index (κ2) is 6.40. The molecule has 0 aromatic carbocycles. The lowest BCUT2D eigenvalue weighted by atomic mass is 10.3. The summed E-state index contributed by atoms with van der Waals surface area (Å²) in [5.74, 6) is -0.163. The number of carbonyl (C=O) groups excluding carboxylic acids is 1. The standard InChI is InChI=1S/C10H14ClN3O2/c1-3-14(6-7-16-2)10(15)8-4-5-9(11)13-12-8/h4-5H,3,6-7H2,1-2H3. The van der Waals surface area contributed by atoms with E-state index in [-0.39, 0.29) is 11.1 Å². The fourth-order valence-electron chi connectivity index (χ4n) is 1.20. The van der Waals surface area contributed by atoms with Crippen molar-refractivity contribution in [2.24, 2.45) is 0 Å². The van der Waals surface area contributed by atoms with E-state index in [0.29, 0.717) is 25.4 Å². The van der Waals surface area contributed by atoms with Crippen LogP contribution in [0.1, 0.15) is 17.4 Å². The number of halogens is 1. The summed E-state index contributed by atoms with van der Waals surface area (Å²) in [5, 5.41) is 7.65. The fourth-order valence-corrected chi connectivity index (χ4v) is 1.30. The van der Waals surface area contributed by atoms with Crippen LogP contribution in [-0.2, 0) is 4.74 Å². The molecule has 16 heavy (non-hydrogen) atoms. The van der Waals surface area contributed by atoms with Gasteiger partial charge in [0.2, 0.25) is 0 Å². The third kappa shape index (κ3) is 3.43. The van der Waals surface area contributed by atoms with Gasteiger partial charge in [0.15, 0.2) is 10.8 Å². The molecule has 0 unspecified atom stereocenters. The van der Waals surface area contributed by atoms with Crippen molar-refractivity contribution in [1.29, 1.82) is 0 Å². The molecule has 1 aromatic heterocycles. The fraction of sp³-hybridized carbons (Fsp3) is 0.500. The van der Waals surface area contributed by atoms with Gasteiger partial charge in [0.1, 0.15) is 0 Å². The zero-order chi connectivity index (χ0) is 12.0. The Balaban J connectivity index is 2.70. The van der Waals surface area contributed by atoms with Gasteiger partial charge < -0.3 is 9.64 Å². The van der Waals surface area contributed by atoms with E-state index in [2.05, 4.69) is 10.2 Å². The second-order valence-electron chi connectivity index (χ2n) is 3.12. The van der Waals surface area contributed by atoms with Gasteiger partial charge in [-0.2, -0.15) is 0 Å². The maximum atomic E-state index is 11.9. The smallest absolute Gasteiger partial charge is 0.274 e. The van der Waals surface area contributed by atoms with E-state index in [0.717, 1.165) is 0 Å². The van der Waals surface area contributed by atoms with E-state index in [1.54, 1.807) is 24.1 Å². The van der Waals surface area contributed by atoms with Gasteiger partial charge in [-0.15, -0.1) is 10.2 Å². The van der Waals surface area contributed by atoms with Crippen molar-refractivity contribution >= 4 is 17.5 Å². The van der Waals surface area contributed by atoms with Crippen LogP contribution in [0.3, 0.4) is 0 Å². The number of hydrogen-bond donors (Lipinski definition) is 0. The molecular formula is C10H14ClN3O2. The van der Waals surface area contributed by atoms with Crippen LogP contribution >= 0.6 is 11.6 Å². The molecule has 0 aliphatic carbocycles. The lowest BCUT2D eigenvalue weighted by molar-refractivity contribution is 0.0699. The highest BCUT2D eigenvalue weighted by molar-refractivity contribution is 6.29. The molecule has 0 saturated heterocycles. The van der Waals surface area contributed by atoms with Gasteiger partial charge >= 0.3 is 0 Å². The summed E-state index contributed by atoms with van der Waals surface area (Å²) in [6, 6.07) is 3.11. The molecule has 1 heterocycles. The minimum absolute atomic E-state index is 0.163. The number of amides is 1. The Morgan fingerprint density at radius 1 is 1.50 bits per heavy atom. The first kappa shape index (κ1) is 12.9. The van der Waals surface area contributed by atoms with E-state index in [1.165, 1.54) is 0 Å². The summed E-state index contributed by atoms with van der Waals surface area (Å²) in [6.07, 6.45) is 0. The largest absolute Gasteiger partial charge is 0.383 e. The molecule has 0 saturated carbocycles. The van der Waals surface area contributed by atoms with Crippen molar-refractivity contribution < 1.29 is 9.53 Å². The Bertz CT molecular complexity index is 342. The molecule has 88 valence electrons. The van der Waals surface area contributed by atoms with Gasteiger partial charge in [-0.25, -0.2) is 0 Å². The van der Waals surface area contributed by atoms with Crippen LogP contribution in [0, 0.1) is 0 Å². The Labute approximate surface area is 99.4 Å². The SMILES string of the molecule is CCN(CCOC)C(=O)c1ccc(Cl)nn1. The minimum Gasteiger partial charge on any atom is -0.383 e. The quantitative estimate of drug-likeness (QED) is 0.781. The average molecular weight is 244 g/mol. The summed E-state index contributed by atoms with van der Waals surface area (Å²) < 4.78 is 4.93. The van der Waals surface area contributed by atoms with E-state index in [1.807, 2.05) is 6.92 Å². The highest BCUT2D eigenvalue weighted by Gasteiger charge is 2.15. The van der Waals surface area contributed by atoms with E-state index in [9.17, 15) is 4.79 Å². The Kier molecular flexibility index (Phi) is 5.14. The van der Waals surface area contributed by atoms with Crippen LogP contribution in [0.4, 0.5) is 0 Å². The Morgan fingerprint density at radius 2 is 2.25 bits per heavy atom. The first-order chi connectivity index (χ1) is 7.69. The molecule has 1 aromatic rings. The molecule has 0 radical (unpaired) electrons. The van der Waals surface area contributed by atoms with Crippen molar-refractivity contribution in [3.05, 3.63) is 23.0 Å². The van der Waals surface area contributed by atoms with Crippen LogP contribution in [-0.4, -0.2) is 47.8 Å². The van der Waals surface area contributed by atoms with Crippen molar-refractivity contribution in [2.45, 2.75) is 6.92 Å². The van der Waals surface area contributed by atoms with Crippen LogP contribution in [0.25, 0.3) is 0 Å². The number of likely N-dealkylation sites (N-methyl/N-ethyl adjacent to an activating group) is 1. The summed E-state index contributed by atoms with van der Waals surface area (Å²) in [5.41, 5.74) is 0.294. The number of carbonyl (C=O) groups is 1. The van der Waals surface area contributed by atoms with Gasteiger partial charge in [-0.05, 0) is 19.1 Å². The molecule has 0 atom stereocenters. The molecule has 1 amide bonds. The molecule has 0 fully saturated rings. The predicted octanol–water partition coefficient (Wildman–Crippen LogP) is 1.24. The predicted molar refractivity (Wildman–Crippen MR) is 60.5 cm³/mol. The highest BCUT2D eigenvalue weighted by atomic mass is 35.5. The van der Waals surface area contributed by atoms with Crippen LogP contribution in [0.2, 0.25) is 5.15 Å². The monoisotopic (exact) mass is 243 g/mol. The summed E-state index contributed by atoms with van der Waals surface area (Å²) in [7, 11) is 1.60. The van der Waals surface area contributed by atoms with Gasteiger partial charge in [0.05, 0.1) is 6.61 Å². The molecule has 0 bridgehead atoms. The van der Waals surface area contributed by atoms with Crippen molar-refractivity contribution in [3.8, 4) is 0 Å². The Hall–Kier alpha value is -1.20. The van der Waals surface area contributed by atoms with Crippen molar-refractivity contribution in [2.75, 3.05) is 26.8 Å². The number of methoxy groups -OCH3 is 1. The molecule has 6 heteroatoms. The summed E-state index contributed by atoms with van der Waals surface area (Å²) in [6.45, 7) is 3.54.